The smallest absolute Gasteiger partial charge is 0.206 e. The van der Waals surface area contributed by atoms with E-state index in [1.165, 1.54) is 19.3 Å². The number of sulfone groups is 1. The third kappa shape index (κ3) is 3.34. The molecule has 0 saturated carbocycles. The Labute approximate surface area is 138 Å². The highest BCUT2D eigenvalue weighted by Gasteiger charge is 2.18. The molecule has 1 aliphatic heterocycles. The first-order valence-corrected chi connectivity index (χ1v) is 9.47. The summed E-state index contributed by atoms with van der Waals surface area (Å²) in [6.45, 7) is 2.11. The molecule has 2 aromatic carbocycles. The van der Waals surface area contributed by atoms with Crippen LogP contribution in [0.4, 0.5) is 11.4 Å². The average Bonchev–Trinajstić information content (AvgIpc) is 2.62. The molecule has 1 aliphatic rings. The summed E-state index contributed by atoms with van der Waals surface area (Å²) in [5.74, 6) is 0. The van der Waals surface area contributed by atoms with E-state index in [4.69, 9.17) is 0 Å². The Hall–Kier alpha value is -2.01. The molecule has 0 spiro atoms. The predicted molar refractivity (Wildman–Crippen MR) is 93.9 cm³/mol. The van der Waals surface area contributed by atoms with Gasteiger partial charge in [-0.1, -0.05) is 0 Å². The lowest BCUT2D eigenvalue weighted by Gasteiger charge is -2.28. The number of benzene rings is 2. The maximum atomic E-state index is 12.7. The number of hydrogen-bond donors (Lipinski definition) is 1. The summed E-state index contributed by atoms with van der Waals surface area (Å²) in [4.78, 5) is 2.99. The number of nitrogens with one attached hydrogen (secondary N) is 1. The van der Waals surface area contributed by atoms with E-state index in [1.807, 2.05) is 19.2 Å². The third-order valence-electron chi connectivity index (χ3n) is 4.32. The van der Waals surface area contributed by atoms with Gasteiger partial charge in [0.2, 0.25) is 9.84 Å². The Morgan fingerprint density at radius 2 is 1.35 bits per heavy atom. The Kier molecular flexibility index (Phi) is 4.57. The predicted octanol–water partition coefficient (Wildman–Crippen LogP) is 3.55. The molecule has 0 atom stereocenters. The second-order valence-electron chi connectivity index (χ2n) is 5.82. The molecule has 0 bridgehead atoms. The third-order valence-corrected chi connectivity index (χ3v) is 6.11. The van der Waals surface area contributed by atoms with E-state index in [2.05, 4.69) is 10.2 Å². The highest BCUT2D eigenvalue weighted by molar-refractivity contribution is 7.91. The number of hydrogen-bond acceptors (Lipinski definition) is 4. The van der Waals surface area contributed by atoms with Crippen LogP contribution in [-0.2, 0) is 9.84 Å². The van der Waals surface area contributed by atoms with Gasteiger partial charge in [0.15, 0.2) is 0 Å². The molecule has 0 amide bonds. The van der Waals surface area contributed by atoms with Crippen LogP contribution in [0, 0.1) is 0 Å². The molecule has 0 aliphatic carbocycles. The minimum absolute atomic E-state index is 0.322. The van der Waals surface area contributed by atoms with Crippen LogP contribution in [0.15, 0.2) is 58.3 Å². The maximum absolute atomic E-state index is 12.7. The van der Waals surface area contributed by atoms with Gasteiger partial charge in [-0.15, -0.1) is 0 Å². The van der Waals surface area contributed by atoms with Crippen molar-refractivity contribution >= 4 is 21.2 Å². The first-order chi connectivity index (χ1) is 11.1. The monoisotopic (exact) mass is 330 g/mol. The lowest BCUT2D eigenvalue weighted by Crippen LogP contribution is -2.29. The first-order valence-electron chi connectivity index (χ1n) is 7.99. The highest BCUT2D eigenvalue weighted by atomic mass is 32.2. The van der Waals surface area contributed by atoms with Gasteiger partial charge in [0, 0.05) is 31.5 Å². The van der Waals surface area contributed by atoms with E-state index >= 15 is 0 Å². The Bertz CT molecular complexity index is 747. The minimum Gasteiger partial charge on any atom is -0.388 e. The van der Waals surface area contributed by atoms with Crippen LogP contribution >= 0.6 is 0 Å². The summed E-state index contributed by atoms with van der Waals surface area (Å²) < 4.78 is 25.4. The SMILES string of the molecule is CNc1ccc(S(=O)(=O)c2ccc(N3CCCCC3)cc2)cc1. The summed E-state index contributed by atoms with van der Waals surface area (Å²) in [7, 11) is -1.65. The van der Waals surface area contributed by atoms with Gasteiger partial charge in [0.05, 0.1) is 9.79 Å². The quantitative estimate of drug-likeness (QED) is 0.931. The van der Waals surface area contributed by atoms with E-state index in [0.29, 0.717) is 9.79 Å². The summed E-state index contributed by atoms with van der Waals surface area (Å²) in [5.41, 5.74) is 2.00. The molecule has 0 unspecified atom stereocenters. The minimum atomic E-state index is -3.46. The van der Waals surface area contributed by atoms with Crippen LogP contribution in [0.1, 0.15) is 19.3 Å². The highest BCUT2D eigenvalue weighted by Crippen LogP contribution is 2.26. The zero-order valence-electron chi connectivity index (χ0n) is 13.3. The van der Waals surface area contributed by atoms with Crippen molar-refractivity contribution in [3.8, 4) is 0 Å². The van der Waals surface area contributed by atoms with Crippen molar-refractivity contribution in [2.45, 2.75) is 29.1 Å². The second kappa shape index (κ2) is 6.62. The van der Waals surface area contributed by atoms with Crippen molar-refractivity contribution in [3.05, 3.63) is 48.5 Å². The van der Waals surface area contributed by atoms with Crippen LogP contribution in [0.25, 0.3) is 0 Å². The van der Waals surface area contributed by atoms with Crippen molar-refractivity contribution in [2.75, 3.05) is 30.4 Å². The number of nitrogens with zero attached hydrogens (tertiary/aromatic N) is 1. The lowest BCUT2D eigenvalue weighted by atomic mass is 10.1. The van der Waals surface area contributed by atoms with Crippen LogP contribution in [0.2, 0.25) is 0 Å². The molecular formula is C18H22N2O2S. The molecule has 1 heterocycles. The van der Waals surface area contributed by atoms with Crippen LogP contribution in [0.5, 0.6) is 0 Å². The molecule has 3 rings (SSSR count). The topological polar surface area (TPSA) is 49.4 Å². The molecule has 1 N–H and O–H groups in total. The summed E-state index contributed by atoms with van der Waals surface area (Å²) in [5, 5.41) is 2.99. The Morgan fingerprint density at radius 3 is 1.87 bits per heavy atom. The van der Waals surface area contributed by atoms with Crippen molar-refractivity contribution in [2.24, 2.45) is 0 Å². The molecule has 2 aromatic rings. The standard InChI is InChI=1S/C18H22N2O2S/c1-19-15-5-9-17(10-6-15)23(21,22)18-11-7-16(8-12-18)20-13-3-2-4-14-20/h5-12,19H,2-4,13-14H2,1H3. The number of rotatable bonds is 4. The van der Waals surface area contributed by atoms with E-state index < -0.39 is 9.84 Å². The number of piperidine rings is 1. The Morgan fingerprint density at radius 1 is 0.826 bits per heavy atom. The van der Waals surface area contributed by atoms with E-state index in [0.717, 1.165) is 24.5 Å². The van der Waals surface area contributed by atoms with Crippen LogP contribution in [0.3, 0.4) is 0 Å². The number of anilines is 2. The van der Waals surface area contributed by atoms with E-state index in [-0.39, 0.29) is 0 Å². The van der Waals surface area contributed by atoms with Gasteiger partial charge < -0.3 is 10.2 Å². The van der Waals surface area contributed by atoms with Crippen molar-refractivity contribution in [1.29, 1.82) is 0 Å². The van der Waals surface area contributed by atoms with Gasteiger partial charge in [-0.3, -0.25) is 0 Å². The van der Waals surface area contributed by atoms with Gasteiger partial charge in [0.25, 0.3) is 0 Å². The van der Waals surface area contributed by atoms with Crippen LogP contribution < -0.4 is 10.2 Å². The molecule has 0 radical (unpaired) electrons. The van der Waals surface area contributed by atoms with Gasteiger partial charge in [-0.25, -0.2) is 8.42 Å². The second-order valence-corrected chi connectivity index (χ2v) is 7.77. The lowest BCUT2D eigenvalue weighted by molar-refractivity contribution is 0.577. The van der Waals surface area contributed by atoms with Gasteiger partial charge in [-0.2, -0.15) is 0 Å². The van der Waals surface area contributed by atoms with E-state index in [1.54, 1.807) is 36.4 Å². The maximum Gasteiger partial charge on any atom is 0.206 e. The fourth-order valence-electron chi connectivity index (χ4n) is 2.93. The van der Waals surface area contributed by atoms with Crippen molar-refractivity contribution in [3.63, 3.8) is 0 Å². The molecule has 5 heteroatoms. The average molecular weight is 330 g/mol. The van der Waals surface area contributed by atoms with Crippen LogP contribution in [-0.4, -0.2) is 28.6 Å². The molecule has 1 saturated heterocycles. The van der Waals surface area contributed by atoms with Crippen molar-refractivity contribution < 1.29 is 8.42 Å². The van der Waals surface area contributed by atoms with Gasteiger partial charge in [-0.05, 0) is 67.8 Å². The normalized spacial score (nSPS) is 15.4. The molecule has 0 aromatic heterocycles. The van der Waals surface area contributed by atoms with Gasteiger partial charge in [0.1, 0.15) is 0 Å². The fraction of sp³-hybridized carbons (Fsp3) is 0.333. The molecule has 122 valence electrons. The van der Waals surface area contributed by atoms with Crippen molar-refractivity contribution in [1.82, 2.24) is 0 Å². The Balaban J connectivity index is 1.84. The zero-order chi connectivity index (χ0) is 16.3. The fourth-order valence-corrected chi connectivity index (χ4v) is 4.19. The molecule has 23 heavy (non-hydrogen) atoms. The summed E-state index contributed by atoms with van der Waals surface area (Å²) in [6.07, 6.45) is 3.70. The summed E-state index contributed by atoms with van der Waals surface area (Å²) in [6, 6.07) is 14.1. The summed E-state index contributed by atoms with van der Waals surface area (Å²) >= 11 is 0. The molecule has 1 fully saturated rings. The van der Waals surface area contributed by atoms with Gasteiger partial charge >= 0.3 is 0 Å². The molecular weight excluding hydrogens is 308 g/mol. The zero-order valence-corrected chi connectivity index (χ0v) is 14.1. The van der Waals surface area contributed by atoms with E-state index in [9.17, 15) is 8.42 Å². The largest absolute Gasteiger partial charge is 0.388 e. The molecule has 4 nitrogen and oxygen atoms in total. The first kappa shape index (κ1) is 15.9.